The zero-order valence-corrected chi connectivity index (χ0v) is 16.3. The molecule has 0 aliphatic heterocycles. The summed E-state index contributed by atoms with van der Waals surface area (Å²) in [6.07, 6.45) is 3.38. The summed E-state index contributed by atoms with van der Waals surface area (Å²) in [7, 11) is -3.11. The third kappa shape index (κ3) is 7.31. The van der Waals surface area contributed by atoms with Crippen molar-refractivity contribution in [3.05, 3.63) is 71.8 Å². The summed E-state index contributed by atoms with van der Waals surface area (Å²) >= 11 is 3.42. The molecular weight excluding hydrogens is 387 g/mol. The van der Waals surface area contributed by atoms with Crippen LogP contribution >= 0.6 is 23.5 Å². The van der Waals surface area contributed by atoms with Crippen molar-refractivity contribution in [3.8, 4) is 0 Å². The summed E-state index contributed by atoms with van der Waals surface area (Å²) in [4.78, 5) is 0. The van der Waals surface area contributed by atoms with E-state index >= 15 is 0 Å². The van der Waals surface area contributed by atoms with Gasteiger partial charge in [-0.15, -0.1) is 0 Å². The van der Waals surface area contributed by atoms with Crippen LogP contribution in [-0.4, -0.2) is 11.5 Å². The predicted molar refractivity (Wildman–Crippen MR) is 103 cm³/mol. The Morgan fingerprint density at radius 1 is 0.750 bits per heavy atom. The summed E-state index contributed by atoms with van der Waals surface area (Å²) < 4.78 is 24.5. The van der Waals surface area contributed by atoms with Crippen molar-refractivity contribution >= 4 is 23.5 Å². The maximum Gasteiger partial charge on any atom is 0.331 e. The van der Waals surface area contributed by atoms with E-state index in [1.54, 1.807) is 0 Å². The Bertz CT molecular complexity index is 572. The largest absolute Gasteiger partial charge is 0.331 e. The van der Waals surface area contributed by atoms with Crippen LogP contribution in [0.1, 0.15) is 30.4 Å². The van der Waals surface area contributed by atoms with E-state index in [1.165, 1.54) is 0 Å². The molecule has 2 rings (SSSR count). The molecule has 0 saturated carbocycles. The summed E-state index contributed by atoms with van der Waals surface area (Å²) in [5.41, 5.74) is 2.00. The highest BCUT2D eigenvalue weighted by Gasteiger charge is 2.24. The number of halogens is 1. The highest BCUT2D eigenvalue weighted by atomic mass is 79.9. The van der Waals surface area contributed by atoms with E-state index in [0.717, 1.165) is 35.7 Å². The highest BCUT2D eigenvalue weighted by Crippen LogP contribution is 2.50. The topological polar surface area (TPSA) is 35.5 Å². The van der Waals surface area contributed by atoms with E-state index < -0.39 is 7.60 Å². The fourth-order valence-corrected chi connectivity index (χ4v) is 4.27. The first-order chi connectivity index (χ1) is 11.7. The summed E-state index contributed by atoms with van der Waals surface area (Å²) in [5, 5.41) is 0.965. The quantitative estimate of drug-likeness (QED) is 0.252. The van der Waals surface area contributed by atoms with Crippen molar-refractivity contribution in [2.75, 3.05) is 11.5 Å². The molecule has 0 atom stereocenters. The third-order valence-corrected chi connectivity index (χ3v) is 6.08. The standard InChI is InChI=1S/C19H24BrO3P/c20-14-8-3-9-15-24(21,22-16-18-10-4-1-5-11-18)23-17-19-12-6-2-7-13-19/h1-2,4-7,10-13H,3,8-9,14-17H2. The number of rotatable bonds is 11. The second-order valence-electron chi connectivity index (χ2n) is 5.60. The molecule has 0 fully saturated rings. The smallest absolute Gasteiger partial charge is 0.304 e. The first kappa shape index (κ1) is 19.4. The molecule has 0 aromatic heterocycles. The zero-order chi connectivity index (χ0) is 17.1. The van der Waals surface area contributed by atoms with Gasteiger partial charge in [0.25, 0.3) is 0 Å². The lowest BCUT2D eigenvalue weighted by molar-refractivity contribution is 0.190. The predicted octanol–water partition coefficient (Wildman–Crippen LogP) is 6.18. The summed E-state index contributed by atoms with van der Waals surface area (Å²) in [6, 6.07) is 19.6. The van der Waals surface area contributed by atoms with E-state index in [4.69, 9.17) is 9.05 Å². The Hall–Kier alpha value is -0.930. The normalized spacial score (nSPS) is 11.5. The second kappa shape index (κ2) is 10.8. The van der Waals surface area contributed by atoms with Crippen LogP contribution in [0.15, 0.2) is 60.7 Å². The van der Waals surface area contributed by atoms with Gasteiger partial charge in [0.1, 0.15) is 0 Å². The van der Waals surface area contributed by atoms with E-state index in [0.29, 0.717) is 19.4 Å². The zero-order valence-electron chi connectivity index (χ0n) is 13.8. The van der Waals surface area contributed by atoms with Crippen molar-refractivity contribution in [3.63, 3.8) is 0 Å². The average Bonchev–Trinajstić information content (AvgIpc) is 2.64. The molecule has 3 nitrogen and oxygen atoms in total. The van der Waals surface area contributed by atoms with Gasteiger partial charge in [-0.3, -0.25) is 4.57 Å². The molecule has 0 aliphatic rings. The van der Waals surface area contributed by atoms with Crippen LogP contribution in [0.5, 0.6) is 0 Å². The first-order valence-corrected chi connectivity index (χ1v) is 11.1. The molecule has 0 amide bonds. The first-order valence-electron chi connectivity index (χ1n) is 8.24. The molecular formula is C19H24BrO3P. The van der Waals surface area contributed by atoms with Gasteiger partial charge < -0.3 is 9.05 Å². The van der Waals surface area contributed by atoms with Crippen molar-refractivity contribution in [2.45, 2.75) is 32.5 Å². The van der Waals surface area contributed by atoms with Crippen LogP contribution < -0.4 is 0 Å². The average molecular weight is 411 g/mol. The van der Waals surface area contributed by atoms with Gasteiger partial charge in [0, 0.05) is 5.33 Å². The molecule has 5 heteroatoms. The van der Waals surface area contributed by atoms with Gasteiger partial charge in [0.2, 0.25) is 0 Å². The number of unbranched alkanes of at least 4 members (excludes halogenated alkanes) is 2. The summed E-state index contributed by atoms with van der Waals surface area (Å²) in [5.74, 6) is 0. The molecule has 0 spiro atoms. The monoisotopic (exact) mass is 410 g/mol. The van der Waals surface area contributed by atoms with Gasteiger partial charge in [-0.2, -0.15) is 0 Å². The molecule has 2 aromatic rings. The SMILES string of the molecule is O=P(CCCCCBr)(OCc1ccccc1)OCc1ccccc1. The van der Waals surface area contributed by atoms with E-state index in [-0.39, 0.29) is 0 Å². The minimum Gasteiger partial charge on any atom is -0.304 e. The van der Waals surface area contributed by atoms with Crippen molar-refractivity contribution < 1.29 is 13.6 Å². The lowest BCUT2D eigenvalue weighted by Crippen LogP contribution is -2.02. The van der Waals surface area contributed by atoms with Crippen LogP contribution in [0.3, 0.4) is 0 Å². The molecule has 130 valence electrons. The minimum atomic E-state index is -3.11. The summed E-state index contributed by atoms with van der Waals surface area (Å²) in [6.45, 7) is 0.622. The highest BCUT2D eigenvalue weighted by molar-refractivity contribution is 9.09. The van der Waals surface area contributed by atoms with Crippen molar-refractivity contribution in [1.29, 1.82) is 0 Å². The Morgan fingerprint density at radius 2 is 1.25 bits per heavy atom. The van der Waals surface area contributed by atoms with Gasteiger partial charge in [-0.1, -0.05) is 83.0 Å². The molecule has 0 saturated heterocycles. The van der Waals surface area contributed by atoms with Gasteiger partial charge in [0.05, 0.1) is 19.4 Å². The third-order valence-electron chi connectivity index (χ3n) is 3.61. The van der Waals surface area contributed by atoms with E-state index in [2.05, 4.69) is 15.9 Å². The van der Waals surface area contributed by atoms with E-state index in [9.17, 15) is 4.57 Å². The van der Waals surface area contributed by atoms with Gasteiger partial charge >= 0.3 is 7.60 Å². The number of alkyl halides is 1. The van der Waals surface area contributed by atoms with Crippen LogP contribution in [0.25, 0.3) is 0 Å². The fraction of sp³-hybridized carbons (Fsp3) is 0.368. The molecule has 0 heterocycles. The Morgan fingerprint density at radius 3 is 1.71 bits per heavy atom. The fourth-order valence-electron chi connectivity index (χ4n) is 2.24. The van der Waals surface area contributed by atoms with E-state index in [1.807, 2.05) is 60.7 Å². The maximum absolute atomic E-state index is 13.1. The second-order valence-corrected chi connectivity index (χ2v) is 8.58. The van der Waals surface area contributed by atoms with Crippen LogP contribution in [-0.2, 0) is 26.8 Å². The lowest BCUT2D eigenvalue weighted by Gasteiger charge is -2.19. The van der Waals surface area contributed by atoms with Crippen molar-refractivity contribution in [2.24, 2.45) is 0 Å². The molecule has 0 N–H and O–H groups in total. The van der Waals surface area contributed by atoms with Gasteiger partial charge in [0.15, 0.2) is 0 Å². The molecule has 0 unspecified atom stereocenters. The Balaban J connectivity index is 1.93. The molecule has 2 aromatic carbocycles. The Labute approximate surface area is 153 Å². The van der Waals surface area contributed by atoms with Crippen LogP contribution in [0, 0.1) is 0 Å². The molecule has 24 heavy (non-hydrogen) atoms. The number of hydrogen-bond acceptors (Lipinski definition) is 3. The van der Waals surface area contributed by atoms with Crippen LogP contribution in [0.4, 0.5) is 0 Å². The van der Waals surface area contributed by atoms with Gasteiger partial charge in [-0.25, -0.2) is 0 Å². The van der Waals surface area contributed by atoms with Crippen LogP contribution in [0.2, 0.25) is 0 Å². The number of benzene rings is 2. The number of hydrogen-bond donors (Lipinski definition) is 0. The molecule has 0 bridgehead atoms. The Kier molecular flexibility index (Phi) is 8.76. The minimum absolute atomic E-state index is 0.311. The molecule has 0 aliphatic carbocycles. The maximum atomic E-state index is 13.1. The van der Waals surface area contributed by atoms with Gasteiger partial charge in [-0.05, 0) is 24.0 Å². The molecule has 0 radical (unpaired) electrons. The van der Waals surface area contributed by atoms with Crippen molar-refractivity contribution in [1.82, 2.24) is 0 Å². The lowest BCUT2D eigenvalue weighted by atomic mass is 10.2.